The quantitative estimate of drug-likeness (QED) is 0.473. The van der Waals surface area contributed by atoms with Gasteiger partial charge in [0.05, 0.1) is 23.5 Å². The predicted molar refractivity (Wildman–Crippen MR) is 109 cm³/mol. The summed E-state index contributed by atoms with van der Waals surface area (Å²) in [5.41, 5.74) is 1.83. The van der Waals surface area contributed by atoms with Gasteiger partial charge >= 0.3 is 0 Å². The maximum Gasteiger partial charge on any atom is 0.248 e. The van der Waals surface area contributed by atoms with Crippen LogP contribution in [-0.2, 0) is 9.63 Å². The molecule has 2 aromatic rings. The van der Waals surface area contributed by atoms with Crippen LogP contribution in [0.2, 0.25) is 5.15 Å². The minimum atomic E-state index is -2.58. The average Bonchev–Trinajstić information content (AvgIpc) is 3.07. The van der Waals surface area contributed by atoms with Gasteiger partial charge in [0.25, 0.3) is 0 Å². The molecule has 0 radical (unpaired) electrons. The number of pyridine rings is 1. The van der Waals surface area contributed by atoms with Crippen LogP contribution in [0.15, 0.2) is 35.9 Å². The van der Waals surface area contributed by atoms with Gasteiger partial charge in [-0.1, -0.05) is 16.8 Å². The molecule has 1 aliphatic carbocycles. The highest BCUT2D eigenvalue weighted by Crippen LogP contribution is 2.42. The van der Waals surface area contributed by atoms with Gasteiger partial charge < -0.3 is 10.2 Å². The second-order valence-corrected chi connectivity index (χ2v) is 7.79. The van der Waals surface area contributed by atoms with Gasteiger partial charge in [0.2, 0.25) is 11.8 Å². The molecular weight excluding hydrogens is 416 g/mol. The van der Waals surface area contributed by atoms with Gasteiger partial charge in [-0.25, -0.2) is 13.5 Å². The highest BCUT2D eigenvalue weighted by atomic mass is 35.5. The molecule has 1 saturated carbocycles. The smallest absolute Gasteiger partial charge is 0.248 e. The Labute approximate surface area is 178 Å². The van der Waals surface area contributed by atoms with Crippen molar-refractivity contribution in [2.75, 3.05) is 13.2 Å². The number of amides is 1. The number of rotatable bonds is 9. The molecule has 3 rings (SSSR count). The number of nitrogens with one attached hydrogen (secondary N) is 1. The van der Waals surface area contributed by atoms with Crippen molar-refractivity contribution in [1.29, 1.82) is 0 Å². The number of halogens is 3. The first-order valence-electron chi connectivity index (χ1n) is 9.75. The van der Waals surface area contributed by atoms with Crippen LogP contribution in [-0.4, -0.2) is 45.5 Å². The van der Waals surface area contributed by atoms with Crippen LogP contribution in [0.3, 0.4) is 0 Å². The molecule has 0 saturated heterocycles. The van der Waals surface area contributed by atoms with E-state index < -0.39 is 11.8 Å². The van der Waals surface area contributed by atoms with E-state index in [4.69, 9.17) is 16.4 Å². The molecule has 1 atom stereocenters. The van der Waals surface area contributed by atoms with Gasteiger partial charge in [-0.2, -0.15) is 5.10 Å². The lowest BCUT2D eigenvalue weighted by atomic mass is 9.82. The molecule has 0 aromatic carbocycles. The third-order valence-corrected chi connectivity index (χ3v) is 5.15. The van der Waals surface area contributed by atoms with E-state index >= 15 is 0 Å². The van der Waals surface area contributed by atoms with Gasteiger partial charge in [-0.05, 0) is 26.0 Å². The fraction of sp³-hybridized carbons (Fsp3) is 0.500. The summed E-state index contributed by atoms with van der Waals surface area (Å²) in [7, 11) is 0. The average molecular weight is 440 g/mol. The largest absolute Gasteiger partial charge is 0.396 e. The summed E-state index contributed by atoms with van der Waals surface area (Å²) < 4.78 is 27.4. The lowest BCUT2D eigenvalue weighted by Crippen LogP contribution is -2.37. The summed E-state index contributed by atoms with van der Waals surface area (Å²) in [4.78, 5) is 22.0. The van der Waals surface area contributed by atoms with Crippen molar-refractivity contribution in [3.8, 4) is 5.69 Å². The molecule has 1 unspecified atom stereocenters. The Morgan fingerprint density at radius 2 is 2.27 bits per heavy atom. The number of alkyl halides is 2. The van der Waals surface area contributed by atoms with E-state index in [1.54, 1.807) is 36.3 Å². The molecule has 30 heavy (non-hydrogen) atoms. The number of carbonyl (C=O) groups excluding carboxylic acids is 1. The van der Waals surface area contributed by atoms with Crippen molar-refractivity contribution in [2.45, 2.75) is 45.0 Å². The van der Waals surface area contributed by atoms with Gasteiger partial charge in [-0.3, -0.25) is 9.78 Å². The van der Waals surface area contributed by atoms with E-state index in [0.29, 0.717) is 23.5 Å². The van der Waals surface area contributed by atoms with Gasteiger partial charge in [0.1, 0.15) is 6.61 Å². The van der Waals surface area contributed by atoms with Gasteiger partial charge in [0.15, 0.2) is 5.15 Å². The van der Waals surface area contributed by atoms with Crippen LogP contribution in [0.25, 0.3) is 5.69 Å². The molecule has 10 heteroatoms. The number of aromatic nitrogens is 3. The molecule has 1 N–H and O–H groups in total. The van der Waals surface area contributed by atoms with Crippen LogP contribution in [0.5, 0.6) is 0 Å². The molecule has 162 valence electrons. The number of carbonyl (C=O) groups is 1. The number of hydrogen-bond acceptors (Lipinski definition) is 5. The van der Waals surface area contributed by atoms with Crippen molar-refractivity contribution in [2.24, 2.45) is 11.1 Å². The number of likely N-dealkylation sites (N-methyl/N-ethyl adjacent to an activating group) is 1. The van der Waals surface area contributed by atoms with E-state index in [1.807, 2.05) is 13.0 Å². The third kappa shape index (κ3) is 5.53. The van der Waals surface area contributed by atoms with E-state index in [-0.39, 0.29) is 42.8 Å². The monoisotopic (exact) mass is 439 g/mol. The Bertz CT molecular complexity index is 896. The van der Waals surface area contributed by atoms with Crippen molar-refractivity contribution in [3.63, 3.8) is 0 Å². The summed E-state index contributed by atoms with van der Waals surface area (Å²) in [5.74, 6) is -3.61. The number of oxime groups is 1. The first-order valence-corrected chi connectivity index (χ1v) is 10.1. The SMILES string of the molecule is CCNC(=O)C(CC(C)=NOCC1CC(F)(F)C1)c1cn(-c2cccnc2)nc1Cl. The summed E-state index contributed by atoms with van der Waals surface area (Å²) in [6.07, 6.45) is 4.89. The summed E-state index contributed by atoms with van der Waals surface area (Å²) >= 11 is 6.34. The molecule has 2 aromatic heterocycles. The zero-order valence-electron chi connectivity index (χ0n) is 16.8. The first kappa shape index (κ1) is 22.1. The van der Waals surface area contributed by atoms with Crippen molar-refractivity contribution < 1.29 is 18.4 Å². The second-order valence-electron chi connectivity index (χ2n) is 7.43. The molecule has 2 heterocycles. The predicted octanol–water partition coefficient (Wildman–Crippen LogP) is 3.97. The van der Waals surface area contributed by atoms with Crippen molar-refractivity contribution in [3.05, 3.63) is 41.4 Å². The standard InChI is InChI=1S/C20H24ClF2N5O2/c1-3-25-19(29)16(7-13(2)27-30-12-14-8-20(22,23)9-14)17-11-28(26-18(17)21)15-5-4-6-24-10-15/h4-6,10-11,14,16H,3,7-9,12H2,1-2H3,(H,25,29). The molecule has 1 aliphatic rings. The van der Waals surface area contributed by atoms with Crippen molar-refractivity contribution >= 4 is 23.2 Å². The second kappa shape index (κ2) is 9.51. The lowest BCUT2D eigenvalue weighted by Gasteiger charge is -2.33. The molecule has 0 spiro atoms. The maximum atomic E-state index is 12.9. The fourth-order valence-electron chi connectivity index (χ4n) is 3.35. The molecule has 0 bridgehead atoms. The molecule has 7 nitrogen and oxygen atoms in total. The Hall–Kier alpha value is -2.55. The highest BCUT2D eigenvalue weighted by molar-refractivity contribution is 6.30. The number of hydrogen-bond donors (Lipinski definition) is 1. The molecule has 1 amide bonds. The van der Waals surface area contributed by atoms with Crippen LogP contribution >= 0.6 is 11.6 Å². The van der Waals surface area contributed by atoms with Crippen molar-refractivity contribution in [1.82, 2.24) is 20.1 Å². The Morgan fingerprint density at radius 3 is 2.90 bits per heavy atom. The zero-order chi connectivity index (χ0) is 21.7. The topological polar surface area (TPSA) is 81.4 Å². The Kier molecular flexibility index (Phi) is 7.02. The summed E-state index contributed by atoms with van der Waals surface area (Å²) in [5, 5.41) is 11.3. The lowest BCUT2D eigenvalue weighted by molar-refractivity contribution is -0.128. The zero-order valence-corrected chi connectivity index (χ0v) is 17.6. The number of nitrogens with zero attached hydrogens (tertiary/aromatic N) is 4. The molecular formula is C20H24ClF2N5O2. The van der Waals surface area contributed by atoms with Crippen LogP contribution < -0.4 is 5.32 Å². The Balaban J connectivity index is 1.71. The maximum absolute atomic E-state index is 12.9. The van der Waals surface area contributed by atoms with E-state index in [9.17, 15) is 13.6 Å². The molecule has 1 fully saturated rings. The minimum absolute atomic E-state index is 0.137. The fourth-order valence-corrected chi connectivity index (χ4v) is 3.61. The van der Waals surface area contributed by atoms with E-state index in [1.165, 1.54) is 0 Å². The van der Waals surface area contributed by atoms with Crippen LogP contribution in [0.1, 0.15) is 44.6 Å². The van der Waals surface area contributed by atoms with E-state index in [0.717, 1.165) is 0 Å². The first-order chi connectivity index (χ1) is 14.3. The van der Waals surface area contributed by atoms with Gasteiger partial charge in [0, 0.05) is 49.7 Å². The Morgan fingerprint density at radius 1 is 1.50 bits per heavy atom. The van der Waals surface area contributed by atoms with Crippen LogP contribution in [0.4, 0.5) is 8.78 Å². The van der Waals surface area contributed by atoms with E-state index in [2.05, 4.69) is 20.6 Å². The molecule has 0 aliphatic heterocycles. The minimum Gasteiger partial charge on any atom is -0.396 e. The summed E-state index contributed by atoms with van der Waals surface area (Å²) in [6.45, 7) is 4.15. The summed E-state index contributed by atoms with van der Waals surface area (Å²) in [6, 6.07) is 3.60. The normalized spacial score (nSPS) is 17.3. The highest BCUT2D eigenvalue weighted by Gasteiger charge is 2.45. The van der Waals surface area contributed by atoms with Gasteiger partial charge in [-0.15, -0.1) is 0 Å². The third-order valence-electron chi connectivity index (χ3n) is 4.85. The van der Waals surface area contributed by atoms with Crippen LogP contribution in [0, 0.1) is 5.92 Å².